The first-order valence-electron chi connectivity index (χ1n) is 2.15. The van der Waals surface area contributed by atoms with Crippen LogP contribution in [-0.4, -0.2) is 27.4 Å². The van der Waals surface area contributed by atoms with Crippen molar-refractivity contribution in [3.05, 3.63) is 17.1 Å². The number of aliphatic carboxylic acids is 2. The van der Waals surface area contributed by atoms with Crippen LogP contribution in [0.1, 0.15) is 0 Å². The molecule has 0 amide bonds. The summed E-state index contributed by atoms with van der Waals surface area (Å²) in [6, 6.07) is 0. The second-order valence-corrected chi connectivity index (χ2v) is 1.09. The summed E-state index contributed by atoms with van der Waals surface area (Å²) in [5.74, 6) is -2.51. The summed E-state index contributed by atoms with van der Waals surface area (Å²) in [4.78, 5) is 27.2. The van der Waals surface area contributed by atoms with Gasteiger partial charge in [-0.2, -0.15) is 0 Å². The first-order valence-corrected chi connectivity index (χ1v) is 2.15. The molecule has 0 spiro atoms. The molecule has 0 aliphatic carbocycles. The number of carboxylic acid groups (broad SMARTS) is 2. The van der Waals surface area contributed by atoms with Crippen molar-refractivity contribution in [1.82, 2.24) is 0 Å². The molecule has 0 saturated heterocycles. The van der Waals surface area contributed by atoms with E-state index < -0.39 is 11.9 Å². The molecule has 62 valence electrons. The first kappa shape index (κ1) is 11.8. The van der Waals surface area contributed by atoms with Gasteiger partial charge in [-0.25, -0.2) is 9.59 Å². The molecule has 0 aromatic rings. The van der Waals surface area contributed by atoms with Crippen molar-refractivity contribution >= 4 is 11.9 Å². The highest BCUT2D eigenvalue weighted by molar-refractivity contribution is 5.89. The number of carboxylic acids is 2. The van der Waals surface area contributed by atoms with Gasteiger partial charge in [-0.3, -0.25) is 0 Å². The van der Waals surface area contributed by atoms with E-state index in [4.69, 9.17) is 20.3 Å². The number of rotatable bonds is 2. The zero-order valence-corrected chi connectivity index (χ0v) is 5.17. The smallest absolute Gasteiger partial charge is 0.328 e. The van der Waals surface area contributed by atoms with Crippen LogP contribution in [0.4, 0.5) is 0 Å². The summed E-state index contributed by atoms with van der Waals surface area (Å²) in [6.07, 6.45) is 1.12. The molecule has 0 aromatic carbocycles. The lowest BCUT2D eigenvalue weighted by atomic mass is 10.5. The molecular weight excluding hydrogens is 158 g/mol. The van der Waals surface area contributed by atoms with Crippen LogP contribution in [0, 0.1) is 4.91 Å². The van der Waals surface area contributed by atoms with Crippen LogP contribution in [-0.2, 0) is 9.59 Å². The van der Waals surface area contributed by atoms with Crippen molar-refractivity contribution in [1.29, 1.82) is 0 Å². The van der Waals surface area contributed by atoms with Gasteiger partial charge in [0, 0.05) is 12.2 Å². The van der Waals surface area contributed by atoms with Crippen molar-refractivity contribution in [3.8, 4) is 0 Å². The van der Waals surface area contributed by atoms with Gasteiger partial charge in [0.05, 0.1) is 0 Å². The SMILES string of the molecule is O=C(O)C=CC(=O)O.O=NO. The standard InChI is InChI=1S/C4H4O4.HNO2/c5-3(6)1-2-4(7)8;2-1-3/h1-2H,(H,5,6)(H,7,8);(H,2,3). The van der Waals surface area contributed by atoms with Crippen molar-refractivity contribution in [2.75, 3.05) is 0 Å². The third-order valence-corrected chi connectivity index (χ3v) is 0.368. The van der Waals surface area contributed by atoms with Crippen molar-refractivity contribution in [2.24, 2.45) is 5.34 Å². The Morgan fingerprint density at radius 1 is 1.09 bits per heavy atom. The topological polar surface area (TPSA) is 124 Å². The van der Waals surface area contributed by atoms with Gasteiger partial charge in [0.25, 0.3) is 0 Å². The highest BCUT2D eigenvalue weighted by Crippen LogP contribution is 1.70. The Labute approximate surface area is 60.5 Å². The highest BCUT2D eigenvalue weighted by atomic mass is 16.6. The van der Waals surface area contributed by atoms with E-state index in [1.807, 2.05) is 0 Å². The Hall–Kier alpha value is -1.92. The van der Waals surface area contributed by atoms with Crippen molar-refractivity contribution < 1.29 is 25.0 Å². The second-order valence-electron chi connectivity index (χ2n) is 1.09. The summed E-state index contributed by atoms with van der Waals surface area (Å²) >= 11 is 0. The van der Waals surface area contributed by atoms with Crippen LogP contribution >= 0.6 is 0 Å². The number of hydrogen-bond donors (Lipinski definition) is 3. The Bertz CT molecular complexity index is 157. The third kappa shape index (κ3) is 31.5. The molecule has 0 heterocycles. The summed E-state index contributed by atoms with van der Waals surface area (Å²) in [5.41, 5.74) is 0. The molecular formula is C4H5NO6. The monoisotopic (exact) mass is 163 g/mol. The van der Waals surface area contributed by atoms with E-state index in [9.17, 15) is 9.59 Å². The Kier molecular flexibility index (Phi) is 8.69. The number of nitrogens with zero attached hydrogens (tertiary/aromatic N) is 1. The summed E-state index contributed by atoms with van der Waals surface area (Å²) in [5, 5.41) is 23.5. The molecule has 7 nitrogen and oxygen atoms in total. The maximum atomic E-state index is 9.55. The Balaban J connectivity index is 0. The lowest BCUT2D eigenvalue weighted by molar-refractivity contribution is -0.134. The third-order valence-electron chi connectivity index (χ3n) is 0.368. The number of hydrogen-bond acceptors (Lipinski definition) is 4. The summed E-state index contributed by atoms with van der Waals surface area (Å²) in [6.45, 7) is 0. The summed E-state index contributed by atoms with van der Waals surface area (Å²) in [7, 11) is 0. The van der Waals surface area contributed by atoms with Crippen molar-refractivity contribution in [3.63, 3.8) is 0 Å². The first-order chi connectivity index (χ1) is 5.04. The van der Waals surface area contributed by atoms with Crippen molar-refractivity contribution in [2.45, 2.75) is 0 Å². The van der Waals surface area contributed by atoms with Gasteiger partial charge in [-0.15, -0.1) is 4.91 Å². The molecule has 11 heavy (non-hydrogen) atoms. The predicted octanol–water partition coefficient (Wildman–Crippen LogP) is -0.146. The number of carbonyl (C=O) groups is 2. The lowest BCUT2D eigenvalue weighted by Crippen LogP contribution is -1.91. The van der Waals surface area contributed by atoms with Gasteiger partial charge >= 0.3 is 11.9 Å². The largest absolute Gasteiger partial charge is 0.478 e. The minimum atomic E-state index is -1.26. The predicted molar refractivity (Wildman–Crippen MR) is 32.0 cm³/mol. The van der Waals surface area contributed by atoms with E-state index in [1.165, 1.54) is 5.34 Å². The fourth-order valence-corrected chi connectivity index (χ4v) is 0.143. The van der Waals surface area contributed by atoms with Crippen LogP contribution in [0.5, 0.6) is 0 Å². The van der Waals surface area contributed by atoms with Crippen LogP contribution < -0.4 is 0 Å². The molecule has 3 N–H and O–H groups in total. The van der Waals surface area contributed by atoms with Gasteiger partial charge in [-0.05, 0) is 0 Å². The van der Waals surface area contributed by atoms with E-state index in [0.29, 0.717) is 12.2 Å². The molecule has 7 heteroatoms. The van der Waals surface area contributed by atoms with Gasteiger partial charge < -0.3 is 15.4 Å². The van der Waals surface area contributed by atoms with Gasteiger partial charge in [0.15, 0.2) is 5.34 Å². The molecule has 0 atom stereocenters. The van der Waals surface area contributed by atoms with Crippen LogP contribution in [0.25, 0.3) is 0 Å². The molecule has 0 fully saturated rings. The quantitative estimate of drug-likeness (QED) is 0.295. The van der Waals surface area contributed by atoms with Gasteiger partial charge in [-0.1, -0.05) is 0 Å². The summed E-state index contributed by atoms with van der Waals surface area (Å²) < 4.78 is 0. The molecule has 0 bridgehead atoms. The molecule has 0 rings (SSSR count). The minimum Gasteiger partial charge on any atom is -0.478 e. The minimum absolute atomic E-state index is 0.558. The fourth-order valence-electron chi connectivity index (χ4n) is 0.143. The van der Waals surface area contributed by atoms with Crippen LogP contribution in [0.3, 0.4) is 0 Å². The molecule has 0 aromatic heterocycles. The molecule has 0 unspecified atom stereocenters. The Morgan fingerprint density at radius 3 is 1.36 bits per heavy atom. The average molecular weight is 163 g/mol. The van der Waals surface area contributed by atoms with Gasteiger partial charge in [0.2, 0.25) is 0 Å². The lowest BCUT2D eigenvalue weighted by Gasteiger charge is -1.74. The fraction of sp³-hybridized carbons (Fsp3) is 0. The van der Waals surface area contributed by atoms with Crippen LogP contribution in [0.15, 0.2) is 17.5 Å². The maximum absolute atomic E-state index is 9.55. The zero-order chi connectivity index (χ0) is 9.28. The zero-order valence-electron chi connectivity index (χ0n) is 5.17. The highest BCUT2D eigenvalue weighted by Gasteiger charge is 1.88. The normalized spacial score (nSPS) is 8.00. The van der Waals surface area contributed by atoms with E-state index in [-0.39, 0.29) is 0 Å². The second kappa shape index (κ2) is 8.08. The molecule has 0 aliphatic heterocycles. The van der Waals surface area contributed by atoms with Gasteiger partial charge in [0.1, 0.15) is 0 Å². The molecule has 0 saturated carbocycles. The average Bonchev–Trinajstić information content (AvgIpc) is 1.85. The maximum Gasteiger partial charge on any atom is 0.328 e. The van der Waals surface area contributed by atoms with E-state index in [2.05, 4.69) is 0 Å². The van der Waals surface area contributed by atoms with Crippen LogP contribution in [0.2, 0.25) is 0 Å². The van der Waals surface area contributed by atoms with E-state index in [0.717, 1.165) is 0 Å². The molecule has 0 aliphatic rings. The Morgan fingerprint density at radius 2 is 1.27 bits per heavy atom. The van der Waals surface area contributed by atoms with E-state index >= 15 is 0 Å². The molecule has 0 radical (unpaired) electrons. The van der Waals surface area contributed by atoms with E-state index in [1.54, 1.807) is 0 Å².